The first-order chi connectivity index (χ1) is 14.3. The fourth-order valence-corrected chi connectivity index (χ4v) is 3.97. The highest BCUT2D eigenvalue weighted by atomic mass is 35.5. The summed E-state index contributed by atoms with van der Waals surface area (Å²) in [7, 11) is 0. The summed E-state index contributed by atoms with van der Waals surface area (Å²) in [6, 6.07) is 10.9. The molecule has 1 saturated carbocycles. The first-order valence-corrected chi connectivity index (χ1v) is 10.2. The number of nitrogens with zero attached hydrogens (tertiary/aromatic N) is 1. The first-order valence-electron chi connectivity index (χ1n) is 9.83. The Bertz CT molecular complexity index is 1160. The van der Waals surface area contributed by atoms with E-state index in [4.69, 9.17) is 22.1 Å². The van der Waals surface area contributed by atoms with Crippen LogP contribution in [0, 0.1) is 19.8 Å². The predicted octanol–water partition coefficient (Wildman–Crippen LogP) is 4.30. The number of aliphatic carboxylic acids is 1. The average molecular weight is 427 g/mol. The van der Waals surface area contributed by atoms with E-state index in [0.29, 0.717) is 22.9 Å². The van der Waals surface area contributed by atoms with Crippen molar-refractivity contribution >= 4 is 34.4 Å². The van der Waals surface area contributed by atoms with Crippen LogP contribution in [-0.2, 0) is 11.3 Å². The molecule has 6 nitrogen and oxygen atoms in total. The minimum Gasteiger partial charge on any atom is -0.478 e. The van der Waals surface area contributed by atoms with Crippen LogP contribution in [-0.4, -0.2) is 27.7 Å². The Hall–Kier alpha value is -2.99. The van der Waals surface area contributed by atoms with Gasteiger partial charge in [-0.3, -0.25) is 4.79 Å². The zero-order valence-corrected chi connectivity index (χ0v) is 17.6. The molecule has 1 amide bonds. The van der Waals surface area contributed by atoms with Crippen LogP contribution in [0.2, 0.25) is 5.02 Å². The third-order valence-electron chi connectivity index (χ3n) is 5.81. The molecule has 0 bridgehead atoms. The molecule has 30 heavy (non-hydrogen) atoms. The normalized spacial score (nSPS) is 14.6. The van der Waals surface area contributed by atoms with Crippen molar-refractivity contribution in [3.8, 4) is 5.75 Å². The van der Waals surface area contributed by atoms with Gasteiger partial charge >= 0.3 is 5.97 Å². The molecule has 1 unspecified atom stereocenters. The van der Waals surface area contributed by atoms with Gasteiger partial charge < -0.3 is 20.1 Å². The van der Waals surface area contributed by atoms with Gasteiger partial charge in [0.1, 0.15) is 5.75 Å². The Morgan fingerprint density at radius 2 is 1.97 bits per heavy atom. The molecule has 1 atom stereocenters. The number of benzene rings is 2. The van der Waals surface area contributed by atoms with E-state index in [2.05, 4.69) is 4.57 Å². The van der Waals surface area contributed by atoms with Gasteiger partial charge in [-0.2, -0.15) is 0 Å². The summed E-state index contributed by atoms with van der Waals surface area (Å²) in [5.41, 5.74) is 9.99. The van der Waals surface area contributed by atoms with Gasteiger partial charge in [-0.05, 0) is 68.1 Å². The second-order valence-corrected chi connectivity index (χ2v) is 8.28. The number of carboxylic acids is 1. The molecule has 1 aromatic heterocycles. The molecule has 4 rings (SSSR count). The summed E-state index contributed by atoms with van der Waals surface area (Å²) in [6.07, 6.45) is 0.839. The maximum absolute atomic E-state index is 11.5. The largest absolute Gasteiger partial charge is 0.478 e. The number of carbonyl (C=O) groups is 2. The van der Waals surface area contributed by atoms with Crippen LogP contribution >= 0.6 is 11.6 Å². The van der Waals surface area contributed by atoms with Crippen molar-refractivity contribution in [3.63, 3.8) is 0 Å². The molecule has 0 saturated heterocycles. The number of hydrogen-bond donors (Lipinski definition) is 2. The predicted molar refractivity (Wildman–Crippen MR) is 115 cm³/mol. The lowest BCUT2D eigenvalue weighted by molar-refractivity contribution is -0.146. The van der Waals surface area contributed by atoms with E-state index in [0.717, 1.165) is 40.6 Å². The van der Waals surface area contributed by atoms with Gasteiger partial charge in [0.15, 0.2) is 6.10 Å². The van der Waals surface area contributed by atoms with E-state index in [1.807, 2.05) is 32.0 Å². The Kier molecular flexibility index (Phi) is 5.20. The van der Waals surface area contributed by atoms with Crippen molar-refractivity contribution in [2.75, 3.05) is 0 Å². The lowest BCUT2D eigenvalue weighted by atomic mass is 10.1. The molecule has 1 heterocycles. The minimum atomic E-state index is -0.966. The topological polar surface area (TPSA) is 94.6 Å². The quantitative estimate of drug-likeness (QED) is 0.588. The fourth-order valence-electron chi connectivity index (χ4n) is 3.81. The molecule has 1 aliphatic carbocycles. The fraction of sp³-hybridized carbons (Fsp3) is 0.304. The number of aryl methyl sites for hydroxylation is 1. The highest BCUT2D eigenvalue weighted by Crippen LogP contribution is 2.37. The number of hydrogen-bond acceptors (Lipinski definition) is 3. The molecule has 7 heteroatoms. The summed E-state index contributed by atoms with van der Waals surface area (Å²) in [5.74, 6) is -0.993. The number of fused-ring (bicyclic) bond motifs is 1. The van der Waals surface area contributed by atoms with Crippen molar-refractivity contribution < 1.29 is 19.4 Å². The summed E-state index contributed by atoms with van der Waals surface area (Å²) in [5, 5.41) is 10.8. The van der Waals surface area contributed by atoms with E-state index in [1.54, 1.807) is 18.2 Å². The van der Waals surface area contributed by atoms with E-state index in [9.17, 15) is 14.7 Å². The summed E-state index contributed by atoms with van der Waals surface area (Å²) in [4.78, 5) is 23.1. The summed E-state index contributed by atoms with van der Waals surface area (Å²) >= 11 is 6.28. The lowest BCUT2D eigenvalue weighted by Crippen LogP contribution is -2.29. The molecule has 156 valence electrons. The van der Waals surface area contributed by atoms with Crippen LogP contribution in [0.5, 0.6) is 5.75 Å². The molecule has 3 aromatic rings. The van der Waals surface area contributed by atoms with Crippen LogP contribution in [0.15, 0.2) is 36.4 Å². The molecule has 3 N–H and O–H groups in total. The Morgan fingerprint density at radius 1 is 1.23 bits per heavy atom. The number of aromatic nitrogens is 1. The monoisotopic (exact) mass is 426 g/mol. The minimum absolute atomic E-state index is 0.0416. The number of carbonyl (C=O) groups excluding carboxylic acids is 1. The average Bonchev–Trinajstić information content (AvgIpc) is 3.52. The van der Waals surface area contributed by atoms with E-state index in [1.165, 1.54) is 0 Å². The number of halogens is 1. The van der Waals surface area contributed by atoms with Crippen LogP contribution in [0.4, 0.5) is 0 Å². The van der Waals surface area contributed by atoms with Gasteiger partial charge in [-0.15, -0.1) is 0 Å². The van der Waals surface area contributed by atoms with Gasteiger partial charge in [-0.25, -0.2) is 4.79 Å². The maximum Gasteiger partial charge on any atom is 0.345 e. The molecule has 2 aromatic carbocycles. The highest BCUT2D eigenvalue weighted by Gasteiger charge is 2.38. The molecule has 0 aliphatic heterocycles. The number of ether oxygens (including phenoxy) is 1. The number of amides is 1. The maximum atomic E-state index is 11.5. The van der Waals surface area contributed by atoms with E-state index >= 15 is 0 Å². The SMILES string of the molecule is Cc1c(C)n(Cc2ccc(Cl)c(OC(C(=O)O)C3CC3)c2)c2ccc(C(N)=O)cc12. The Labute approximate surface area is 179 Å². The molecule has 1 aliphatic rings. The van der Waals surface area contributed by atoms with Crippen LogP contribution in [0.1, 0.15) is 40.0 Å². The van der Waals surface area contributed by atoms with Gasteiger partial charge in [-0.1, -0.05) is 17.7 Å². The third kappa shape index (κ3) is 3.75. The third-order valence-corrected chi connectivity index (χ3v) is 6.12. The molecule has 1 fully saturated rings. The Morgan fingerprint density at radius 3 is 2.60 bits per heavy atom. The lowest BCUT2D eigenvalue weighted by Gasteiger charge is -2.17. The van der Waals surface area contributed by atoms with Crippen molar-refractivity contribution in [1.82, 2.24) is 4.57 Å². The molecular weight excluding hydrogens is 404 g/mol. The van der Waals surface area contributed by atoms with Crippen LogP contribution < -0.4 is 10.5 Å². The summed E-state index contributed by atoms with van der Waals surface area (Å²) in [6.45, 7) is 4.60. The van der Waals surface area contributed by atoms with Crippen LogP contribution in [0.3, 0.4) is 0 Å². The van der Waals surface area contributed by atoms with Crippen molar-refractivity contribution in [2.45, 2.75) is 39.3 Å². The second-order valence-electron chi connectivity index (χ2n) is 7.87. The number of primary amides is 1. The van der Waals surface area contributed by atoms with Gasteiger partial charge in [0.2, 0.25) is 5.91 Å². The van der Waals surface area contributed by atoms with Crippen molar-refractivity contribution in [3.05, 3.63) is 63.8 Å². The van der Waals surface area contributed by atoms with Crippen LogP contribution in [0.25, 0.3) is 10.9 Å². The van der Waals surface area contributed by atoms with Gasteiger partial charge in [0.25, 0.3) is 0 Å². The van der Waals surface area contributed by atoms with E-state index < -0.39 is 18.0 Å². The second kappa shape index (κ2) is 7.69. The number of nitrogens with two attached hydrogens (primary N) is 1. The standard InChI is InChI=1S/C23H23ClN2O4/c1-12-13(2)26(19-8-6-16(22(25)27)10-17(12)19)11-14-3-7-18(24)20(9-14)30-21(23(28)29)15-4-5-15/h3,6-10,15,21H,4-5,11H2,1-2H3,(H2,25,27)(H,28,29). The highest BCUT2D eigenvalue weighted by molar-refractivity contribution is 6.32. The van der Waals surface area contributed by atoms with Gasteiger partial charge in [0.05, 0.1) is 5.02 Å². The van der Waals surface area contributed by atoms with Crippen molar-refractivity contribution in [2.24, 2.45) is 11.7 Å². The van der Waals surface area contributed by atoms with Crippen molar-refractivity contribution in [1.29, 1.82) is 0 Å². The van der Waals surface area contributed by atoms with E-state index in [-0.39, 0.29) is 5.92 Å². The zero-order chi connectivity index (χ0) is 21.6. The molecule has 0 spiro atoms. The summed E-state index contributed by atoms with van der Waals surface area (Å²) < 4.78 is 7.93. The zero-order valence-electron chi connectivity index (χ0n) is 16.8. The smallest absolute Gasteiger partial charge is 0.345 e. The number of carboxylic acid groups (broad SMARTS) is 1. The van der Waals surface area contributed by atoms with Gasteiger partial charge in [0, 0.05) is 34.6 Å². The molecule has 0 radical (unpaired) electrons. The first kappa shape index (κ1) is 20.3. The number of rotatable bonds is 7. The Balaban J connectivity index is 1.68. The molecular formula is C23H23ClN2O4.